The fraction of sp³-hybridized carbons (Fsp3) is 0.467. The summed E-state index contributed by atoms with van der Waals surface area (Å²) >= 11 is 0. The number of hydrogen-bond donors (Lipinski definition) is 1. The second kappa shape index (κ2) is 5.94. The van der Waals surface area contributed by atoms with Crippen LogP contribution in [0.25, 0.3) is 10.9 Å². The summed E-state index contributed by atoms with van der Waals surface area (Å²) in [6.45, 7) is 4.56. The van der Waals surface area contributed by atoms with Crippen molar-refractivity contribution in [3.8, 4) is 5.75 Å². The van der Waals surface area contributed by atoms with Crippen molar-refractivity contribution in [2.75, 3.05) is 39.1 Å². The number of hydrogen-bond acceptors (Lipinski definition) is 6. The normalized spacial score (nSPS) is 19.5. The summed E-state index contributed by atoms with van der Waals surface area (Å²) in [6.07, 6.45) is 0. The van der Waals surface area contributed by atoms with Gasteiger partial charge in [-0.25, -0.2) is 0 Å². The molecule has 0 amide bonds. The van der Waals surface area contributed by atoms with Gasteiger partial charge in [0.25, 0.3) is 5.91 Å². The average Bonchev–Trinajstić information content (AvgIpc) is 2.90. The number of nitrogens with zero attached hydrogens (tertiary/aromatic N) is 3. The number of likely N-dealkylation sites (N-methyl/N-ethyl adjacent to an activating group) is 1. The number of carbonyl (C=O) groups is 1. The van der Waals surface area contributed by atoms with Crippen LogP contribution in [-0.2, 0) is 4.74 Å². The van der Waals surface area contributed by atoms with Gasteiger partial charge in [0.05, 0.1) is 25.8 Å². The highest BCUT2D eigenvalue weighted by molar-refractivity contribution is 5.97. The fourth-order valence-electron chi connectivity index (χ4n) is 2.77. The maximum atomic E-state index is 12.8. The van der Waals surface area contributed by atoms with Gasteiger partial charge >= 0.3 is 0 Å². The summed E-state index contributed by atoms with van der Waals surface area (Å²) in [5, 5.41) is 5.09. The van der Waals surface area contributed by atoms with Crippen LogP contribution in [0.1, 0.15) is 11.7 Å². The summed E-state index contributed by atoms with van der Waals surface area (Å²) in [6, 6.07) is 5.04. The molecule has 1 aliphatic heterocycles. The van der Waals surface area contributed by atoms with E-state index in [9.17, 15) is 4.79 Å². The largest absolute Gasteiger partial charge is 0.497 e. The smallest absolute Gasteiger partial charge is 0.268 e. The number of nitrogen functional groups attached to an aromatic ring is 1. The molecule has 2 aromatic rings. The molecule has 3 rings (SSSR count). The van der Waals surface area contributed by atoms with Crippen LogP contribution >= 0.6 is 0 Å². The zero-order valence-electron chi connectivity index (χ0n) is 12.8. The first-order valence-electron chi connectivity index (χ1n) is 7.34. The van der Waals surface area contributed by atoms with Crippen LogP contribution in [-0.4, -0.2) is 60.0 Å². The Bertz CT molecular complexity index is 697. The average molecular weight is 304 g/mol. The molecule has 22 heavy (non-hydrogen) atoms. The Hall–Kier alpha value is -2.12. The Balaban J connectivity index is 1.98. The first-order chi connectivity index (χ1) is 10.7. The topological polar surface area (TPSA) is 82.6 Å². The van der Waals surface area contributed by atoms with Crippen LogP contribution in [0.2, 0.25) is 0 Å². The maximum absolute atomic E-state index is 12.8. The molecule has 0 spiro atoms. The molecule has 1 aromatic carbocycles. The quantitative estimate of drug-likeness (QED) is 0.910. The third-order valence-electron chi connectivity index (χ3n) is 4.06. The van der Waals surface area contributed by atoms with Crippen LogP contribution < -0.4 is 10.5 Å². The van der Waals surface area contributed by atoms with Crippen LogP contribution in [0.3, 0.4) is 0 Å². The van der Waals surface area contributed by atoms with Gasteiger partial charge in [-0.1, -0.05) is 6.92 Å². The van der Waals surface area contributed by atoms with Crippen LogP contribution in [0, 0.1) is 0 Å². The number of methoxy groups -OCH3 is 1. The van der Waals surface area contributed by atoms with Crippen molar-refractivity contribution < 1.29 is 14.3 Å². The monoisotopic (exact) mass is 304 g/mol. The Labute approximate surface area is 128 Å². The lowest BCUT2D eigenvalue weighted by atomic mass is 10.2. The summed E-state index contributed by atoms with van der Waals surface area (Å²) in [7, 11) is 1.59. The van der Waals surface area contributed by atoms with Crippen molar-refractivity contribution in [2.24, 2.45) is 0 Å². The lowest BCUT2D eigenvalue weighted by Gasteiger charge is -2.33. The molecule has 1 atom stereocenters. The predicted molar refractivity (Wildman–Crippen MR) is 83.2 cm³/mol. The highest BCUT2D eigenvalue weighted by Gasteiger charge is 2.31. The molecule has 1 aliphatic rings. The second-order valence-electron chi connectivity index (χ2n) is 5.24. The van der Waals surface area contributed by atoms with Gasteiger partial charge in [0.15, 0.2) is 0 Å². The molecular formula is C15H20N4O3. The molecule has 0 unspecified atom stereocenters. The summed E-state index contributed by atoms with van der Waals surface area (Å²) in [5.74, 6) is 0.874. The minimum absolute atomic E-state index is 0.158. The Kier molecular flexibility index (Phi) is 4.00. The molecule has 1 saturated heterocycles. The van der Waals surface area contributed by atoms with E-state index in [1.54, 1.807) is 19.2 Å². The van der Waals surface area contributed by atoms with Crippen LogP contribution in [0.5, 0.6) is 5.75 Å². The summed E-state index contributed by atoms with van der Waals surface area (Å²) in [4.78, 5) is 14.9. The first-order valence-corrected chi connectivity index (χ1v) is 7.34. The van der Waals surface area contributed by atoms with Crippen LogP contribution in [0.4, 0.5) is 5.82 Å². The van der Waals surface area contributed by atoms with E-state index in [1.165, 1.54) is 4.68 Å². The number of nitrogens with two attached hydrogens (primary N) is 1. The number of carbonyl (C=O) groups excluding carboxylic acids is 1. The molecule has 7 nitrogen and oxygen atoms in total. The van der Waals surface area contributed by atoms with Gasteiger partial charge in [0, 0.05) is 18.0 Å². The second-order valence-corrected chi connectivity index (χ2v) is 5.24. The van der Waals surface area contributed by atoms with E-state index < -0.39 is 0 Å². The van der Waals surface area contributed by atoms with E-state index in [1.807, 2.05) is 13.0 Å². The van der Waals surface area contributed by atoms with Gasteiger partial charge in [-0.3, -0.25) is 9.69 Å². The fourth-order valence-corrected chi connectivity index (χ4v) is 2.77. The number of aromatic nitrogens is 2. The van der Waals surface area contributed by atoms with E-state index in [4.69, 9.17) is 15.2 Å². The van der Waals surface area contributed by atoms with Crippen molar-refractivity contribution >= 4 is 22.6 Å². The first kappa shape index (κ1) is 14.8. The lowest BCUT2D eigenvalue weighted by Crippen LogP contribution is -2.51. The van der Waals surface area contributed by atoms with Gasteiger partial charge < -0.3 is 15.2 Å². The number of anilines is 1. The van der Waals surface area contributed by atoms with Gasteiger partial charge in [-0.2, -0.15) is 9.78 Å². The van der Waals surface area contributed by atoms with Crippen molar-refractivity contribution in [3.63, 3.8) is 0 Å². The molecule has 0 radical (unpaired) electrons. The SMILES string of the molecule is CCN1CCOC[C@H]1C(=O)n1nc2cc(OC)ccc2c1N. The Morgan fingerprint density at radius 3 is 3.09 bits per heavy atom. The highest BCUT2D eigenvalue weighted by Crippen LogP contribution is 2.25. The third-order valence-corrected chi connectivity index (χ3v) is 4.06. The molecule has 0 bridgehead atoms. The van der Waals surface area contributed by atoms with E-state index in [-0.39, 0.29) is 11.9 Å². The van der Waals surface area contributed by atoms with Crippen molar-refractivity contribution in [3.05, 3.63) is 18.2 Å². The summed E-state index contributed by atoms with van der Waals surface area (Å²) < 4.78 is 11.9. The number of ether oxygens (including phenoxy) is 2. The zero-order valence-corrected chi connectivity index (χ0v) is 12.8. The zero-order chi connectivity index (χ0) is 15.7. The molecule has 0 saturated carbocycles. The van der Waals surface area contributed by atoms with E-state index in [2.05, 4.69) is 10.00 Å². The van der Waals surface area contributed by atoms with Crippen LogP contribution in [0.15, 0.2) is 18.2 Å². The van der Waals surface area contributed by atoms with Gasteiger partial charge in [-0.05, 0) is 18.7 Å². The van der Waals surface area contributed by atoms with Gasteiger partial charge in [0.1, 0.15) is 17.6 Å². The van der Waals surface area contributed by atoms with E-state index in [0.29, 0.717) is 30.3 Å². The Morgan fingerprint density at radius 2 is 2.36 bits per heavy atom. The molecule has 0 aliphatic carbocycles. The van der Waals surface area contributed by atoms with Crippen molar-refractivity contribution in [2.45, 2.75) is 13.0 Å². The molecule has 2 heterocycles. The minimum Gasteiger partial charge on any atom is -0.497 e. The predicted octanol–water partition coefficient (Wildman–Crippen LogP) is 0.988. The summed E-state index contributed by atoms with van der Waals surface area (Å²) in [5.41, 5.74) is 6.75. The molecule has 7 heteroatoms. The standard InChI is InChI=1S/C15H20N4O3/c1-3-18-6-7-22-9-13(18)15(20)19-14(16)11-5-4-10(21-2)8-12(11)17-19/h4-5,8,13H,3,6-7,9,16H2,1-2H3/t13-/m0/s1. The molecular weight excluding hydrogens is 284 g/mol. The highest BCUT2D eigenvalue weighted by atomic mass is 16.5. The number of morpholine rings is 1. The molecule has 118 valence electrons. The lowest BCUT2D eigenvalue weighted by molar-refractivity contribution is -0.00340. The molecule has 1 fully saturated rings. The van der Waals surface area contributed by atoms with Crippen molar-refractivity contribution in [1.29, 1.82) is 0 Å². The number of rotatable bonds is 3. The maximum Gasteiger partial charge on any atom is 0.268 e. The van der Waals surface area contributed by atoms with Crippen molar-refractivity contribution in [1.82, 2.24) is 14.7 Å². The number of benzene rings is 1. The molecule has 2 N–H and O–H groups in total. The van der Waals surface area contributed by atoms with E-state index >= 15 is 0 Å². The third kappa shape index (κ3) is 2.42. The van der Waals surface area contributed by atoms with E-state index in [0.717, 1.165) is 18.5 Å². The number of fused-ring (bicyclic) bond motifs is 1. The minimum atomic E-state index is -0.350. The Morgan fingerprint density at radius 1 is 1.55 bits per heavy atom. The molecule has 1 aromatic heterocycles. The van der Waals surface area contributed by atoms with Gasteiger partial charge in [0.2, 0.25) is 0 Å². The van der Waals surface area contributed by atoms with Gasteiger partial charge in [-0.15, -0.1) is 0 Å².